The molecule has 0 N–H and O–H groups in total. The van der Waals surface area contributed by atoms with Crippen LogP contribution in [-0.4, -0.2) is 27.2 Å². The molecule has 0 saturated carbocycles. The lowest BCUT2D eigenvalue weighted by Gasteiger charge is -2.27. The van der Waals surface area contributed by atoms with Crippen LogP contribution in [0.5, 0.6) is 0 Å². The van der Waals surface area contributed by atoms with Crippen LogP contribution in [0.3, 0.4) is 0 Å². The summed E-state index contributed by atoms with van der Waals surface area (Å²) in [5.41, 5.74) is 5.05. The van der Waals surface area contributed by atoms with Crippen LogP contribution in [0.15, 0.2) is 42.5 Å². The van der Waals surface area contributed by atoms with Crippen LogP contribution in [0.4, 0.5) is 16.2 Å². The number of nitrogens with zero attached hydrogens (tertiary/aromatic N) is 2. The summed E-state index contributed by atoms with van der Waals surface area (Å²) in [4.78, 5) is 15.6. The molecule has 2 aromatic carbocycles. The fraction of sp³-hybridized carbons (Fsp3) is 0.211. The largest absolute Gasteiger partial charge is 0.419 e. The molecular weight excluding hydrogens is 288 g/mol. The molecule has 1 aliphatic rings. The number of fused-ring (bicyclic) bond motifs is 1. The van der Waals surface area contributed by atoms with Gasteiger partial charge < -0.3 is 9.64 Å². The summed E-state index contributed by atoms with van der Waals surface area (Å²) < 4.78 is 5.50. The smallest absolute Gasteiger partial charge is 0.409 e. The van der Waals surface area contributed by atoms with Crippen LogP contribution in [0.2, 0.25) is 0 Å². The van der Waals surface area contributed by atoms with Gasteiger partial charge in [0.1, 0.15) is 5.76 Å². The number of amides is 1. The lowest BCUT2D eigenvalue weighted by molar-refractivity contribution is 0.199. The van der Waals surface area contributed by atoms with Gasteiger partial charge in [-0.05, 0) is 42.8 Å². The average Bonchev–Trinajstić information content (AvgIpc) is 2.53. The van der Waals surface area contributed by atoms with E-state index >= 15 is 0 Å². The maximum atomic E-state index is 12.0. The van der Waals surface area contributed by atoms with E-state index in [0.717, 1.165) is 28.1 Å². The zero-order valence-electron chi connectivity index (χ0n) is 13.8. The predicted molar refractivity (Wildman–Crippen MR) is 94.7 cm³/mol. The molecule has 3 rings (SSSR count). The standard InChI is InChI=1S/C19H20N2O2/c1-13-5-10-17-16(11-13)18(23-19(22)21(17)4)12-14-6-8-15(9-7-14)20(2)3/h5-12H,1-4H3/b18-12-. The minimum absolute atomic E-state index is 0.363. The second-order valence-corrected chi connectivity index (χ2v) is 5.94. The number of hydrogen-bond donors (Lipinski definition) is 0. The quantitative estimate of drug-likeness (QED) is 0.835. The Kier molecular flexibility index (Phi) is 3.82. The zero-order valence-corrected chi connectivity index (χ0v) is 13.8. The Hall–Kier alpha value is -2.75. The molecule has 0 atom stereocenters. The van der Waals surface area contributed by atoms with Crippen molar-refractivity contribution in [3.8, 4) is 0 Å². The molecule has 23 heavy (non-hydrogen) atoms. The molecule has 0 fully saturated rings. The van der Waals surface area contributed by atoms with E-state index in [4.69, 9.17) is 4.74 Å². The average molecular weight is 308 g/mol. The van der Waals surface area contributed by atoms with Gasteiger partial charge in [-0.25, -0.2) is 4.79 Å². The predicted octanol–water partition coefficient (Wildman–Crippen LogP) is 4.15. The first-order valence-corrected chi connectivity index (χ1v) is 7.51. The highest BCUT2D eigenvalue weighted by Gasteiger charge is 2.26. The Bertz CT molecular complexity index is 776. The topological polar surface area (TPSA) is 32.8 Å². The summed E-state index contributed by atoms with van der Waals surface area (Å²) in [6, 6.07) is 14.1. The van der Waals surface area contributed by atoms with Crippen LogP contribution >= 0.6 is 0 Å². The summed E-state index contributed by atoms with van der Waals surface area (Å²) in [5, 5.41) is 0. The van der Waals surface area contributed by atoms with E-state index in [0.29, 0.717) is 5.76 Å². The summed E-state index contributed by atoms with van der Waals surface area (Å²) in [5.74, 6) is 0.587. The first kappa shape index (κ1) is 15.2. The monoisotopic (exact) mass is 308 g/mol. The highest BCUT2D eigenvalue weighted by Crippen LogP contribution is 2.35. The lowest BCUT2D eigenvalue weighted by Crippen LogP contribution is -2.31. The molecule has 118 valence electrons. The molecule has 0 radical (unpaired) electrons. The number of cyclic esters (lactones) is 1. The Balaban J connectivity index is 2.04. The minimum atomic E-state index is -0.363. The van der Waals surface area contributed by atoms with Crippen LogP contribution in [0.1, 0.15) is 16.7 Å². The maximum absolute atomic E-state index is 12.0. The van der Waals surface area contributed by atoms with Crippen molar-refractivity contribution in [1.82, 2.24) is 0 Å². The number of hydrogen-bond acceptors (Lipinski definition) is 3. The van der Waals surface area contributed by atoms with E-state index in [1.54, 1.807) is 7.05 Å². The molecule has 1 aliphatic heterocycles. The summed E-state index contributed by atoms with van der Waals surface area (Å²) in [6.45, 7) is 2.03. The van der Waals surface area contributed by atoms with Crippen molar-refractivity contribution in [3.63, 3.8) is 0 Å². The van der Waals surface area contributed by atoms with Crippen LogP contribution in [0.25, 0.3) is 11.8 Å². The van der Waals surface area contributed by atoms with Gasteiger partial charge in [0.2, 0.25) is 0 Å². The van der Waals surface area contributed by atoms with Crippen molar-refractivity contribution in [3.05, 3.63) is 59.2 Å². The van der Waals surface area contributed by atoms with Gasteiger partial charge in [-0.2, -0.15) is 0 Å². The van der Waals surface area contributed by atoms with Gasteiger partial charge in [-0.15, -0.1) is 0 Å². The van der Waals surface area contributed by atoms with E-state index in [-0.39, 0.29) is 6.09 Å². The molecule has 0 aromatic heterocycles. The Morgan fingerprint density at radius 1 is 1.09 bits per heavy atom. The fourth-order valence-corrected chi connectivity index (χ4v) is 2.58. The molecule has 0 unspecified atom stereocenters. The van der Waals surface area contributed by atoms with E-state index in [1.807, 2.05) is 74.5 Å². The van der Waals surface area contributed by atoms with Crippen LogP contribution < -0.4 is 9.80 Å². The molecule has 4 nitrogen and oxygen atoms in total. The molecule has 0 spiro atoms. The maximum Gasteiger partial charge on any atom is 0.419 e. The zero-order chi connectivity index (χ0) is 16.6. The Morgan fingerprint density at radius 2 is 1.78 bits per heavy atom. The van der Waals surface area contributed by atoms with Gasteiger partial charge in [0, 0.05) is 32.4 Å². The number of benzene rings is 2. The van der Waals surface area contributed by atoms with Gasteiger partial charge in [0.25, 0.3) is 0 Å². The molecule has 0 bridgehead atoms. The van der Waals surface area contributed by atoms with Crippen molar-refractivity contribution in [2.45, 2.75) is 6.92 Å². The Morgan fingerprint density at radius 3 is 2.43 bits per heavy atom. The molecule has 0 aliphatic carbocycles. The molecule has 0 saturated heterocycles. The highest BCUT2D eigenvalue weighted by molar-refractivity contribution is 6.01. The second kappa shape index (κ2) is 5.80. The summed E-state index contributed by atoms with van der Waals surface area (Å²) >= 11 is 0. The van der Waals surface area contributed by atoms with E-state index in [1.165, 1.54) is 4.90 Å². The van der Waals surface area contributed by atoms with Crippen molar-refractivity contribution >= 4 is 29.3 Å². The number of carbonyl (C=O) groups excluding carboxylic acids is 1. The van der Waals surface area contributed by atoms with E-state index in [2.05, 4.69) is 0 Å². The normalized spacial score (nSPS) is 15.4. The lowest BCUT2D eigenvalue weighted by atomic mass is 10.0. The molecule has 4 heteroatoms. The molecule has 1 amide bonds. The minimum Gasteiger partial charge on any atom is -0.409 e. The number of carbonyl (C=O) groups is 1. The van der Waals surface area contributed by atoms with Crippen LogP contribution in [-0.2, 0) is 4.74 Å². The van der Waals surface area contributed by atoms with Crippen molar-refractivity contribution in [2.75, 3.05) is 30.9 Å². The summed E-state index contributed by atoms with van der Waals surface area (Å²) in [7, 11) is 5.73. The number of rotatable bonds is 2. The number of ether oxygens (including phenoxy) is 1. The van der Waals surface area contributed by atoms with E-state index < -0.39 is 0 Å². The first-order valence-electron chi connectivity index (χ1n) is 7.51. The van der Waals surface area contributed by atoms with Crippen LogP contribution in [0, 0.1) is 6.92 Å². The third kappa shape index (κ3) is 2.93. The third-order valence-corrected chi connectivity index (χ3v) is 3.96. The number of aryl methyl sites for hydroxylation is 1. The molecule has 2 aromatic rings. The number of anilines is 2. The molecular formula is C19H20N2O2. The fourth-order valence-electron chi connectivity index (χ4n) is 2.58. The first-order chi connectivity index (χ1) is 11.0. The van der Waals surface area contributed by atoms with Gasteiger partial charge >= 0.3 is 6.09 Å². The third-order valence-electron chi connectivity index (χ3n) is 3.96. The van der Waals surface area contributed by atoms with Crippen molar-refractivity contribution in [2.24, 2.45) is 0 Å². The van der Waals surface area contributed by atoms with Gasteiger partial charge in [0.15, 0.2) is 0 Å². The summed E-state index contributed by atoms with van der Waals surface area (Å²) in [6.07, 6.45) is 1.54. The second-order valence-electron chi connectivity index (χ2n) is 5.94. The van der Waals surface area contributed by atoms with Gasteiger partial charge in [-0.3, -0.25) is 4.90 Å². The Labute approximate surface area is 136 Å². The van der Waals surface area contributed by atoms with Gasteiger partial charge in [-0.1, -0.05) is 23.8 Å². The van der Waals surface area contributed by atoms with E-state index in [9.17, 15) is 4.79 Å². The van der Waals surface area contributed by atoms with Crippen molar-refractivity contribution < 1.29 is 9.53 Å². The van der Waals surface area contributed by atoms with Gasteiger partial charge in [0.05, 0.1) is 5.69 Å². The molecule has 1 heterocycles. The SMILES string of the molecule is Cc1ccc2c(c1)/C(=C/c1ccc(N(C)C)cc1)OC(=O)N2C. The highest BCUT2D eigenvalue weighted by atomic mass is 16.6. The van der Waals surface area contributed by atoms with Crippen molar-refractivity contribution in [1.29, 1.82) is 0 Å².